The molecule has 0 spiro atoms. The van der Waals surface area contributed by atoms with Crippen LogP contribution in [0.25, 0.3) is 0 Å². The zero-order chi connectivity index (χ0) is 25.4. The number of hydrogen-bond acceptors (Lipinski definition) is 6. The molecule has 0 saturated heterocycles. The summed E-state index contributed by atoms with van der Waals surface area (Å²) in [5, 5.41) is 3.04. The first-order chi connectivity index (χ1) is 17.4. The van der Waals surface area contributed by atoms with Crippen LogP contribution in [0.15, 0.2) is 66.9 Å². The number of fused-ring (bicyclic) bond motifs is 2. The molecule has 2 heterocycles. The number of ether oxygens (including phenoxy) is 3. The Kier molecular flexibility index (Phi) is 8.44. The molecule has 1 aliphatic heterocycles. The van der Waals surface area contributed by atoms with Crippen molar-refractivity contribution in [2.75, 3.05) is 26.8 Å². The highest BCUT2D eigenvalue weighted by atomic mass is 16.5. The van der Waals surface area contributed by atoms with Crippen LogP contribution in [0.1, 0.15) is 37.8 Å². The van der Waals surface area contributed by atoms with Crippen molar-refractivity contribution in [3.8, 4) is 23.1 Å². The molecule has 7 heteroatoms. The van der Waals surface area contributed by atoms with E-state index in [4.69, 9.17) is 14.2 Å². The standard InChI is InChI=1S/C29H35N3O4/c1-29(2)15-9-17-32(20-27(33)31-18-22-10-4-5-12-24(22)34-3)19-23-11-8-16-30-28(23)36-26-14-7-6-13-25(26)35-21-29/h4-8,10-14,16H,9,15,17-21H2,1-3H3,(H,31,33). The van der Waals surface area contributed by atoms with Crippen LogP contribution < -0.4 is 19.5 Å². The molecular formula is C29H35N3O4. The van der Waals surface area contributed by atoms with Crippen LogP contribution in [0, 0.1) is 5.41 Å². The molecule has 1 amide bonds. The molecule has 0 saturated carbocycles. The number of para-hydroxylation sites is 3. The van der Waals surface area contributed by atoms with Crippen molar-refractivity contribution < 1.29 is 19.0 Å². The predicted molar refractivity (Wildman–Crippen MR) is 139 cm³/mol. The maximum Gasteiger partial charge on any atom is 0.234 e. The number of benzene rings is 2. The summed E-state index contributed by atoms with van der Waals surface area (Å²) in [4.78, 5) is 19.6. The molecule has 36 heavy (non-hydrogen) atoms. The van der Waals surface area contributed by atoms with E-state index in [2.05, 4.69) is 29.0 Å². The van der Waals surface area contributed by atoms with Crippen molar-refractivity contribution in [1.29, 1.82) is 0 Å². The summed E-state index contributed by atoms with van der Waals surface area (Å²) in [6.45, 7) is 6.99. The van der Waals surface area contributed by atoms with E-state index in [1.165, 1.54) is 0 Å². The Hall–Kier alpha value is -3.58. The quantitative estimate of drug-likeness (QED) is 0.531. The van der Waals surface area contributed by atoms with Crippen LogP contribution in [0.5, 0.6) is 23.1 Å². The van der Waals surface area contributed by atoms with Crippen LogP contribution in [0.4, 0.5) is 0 Å². The fourth-order valence-corrected chi connectivity index (χ4v) is 4.28. The summed E-state index contributed by atoms with van der Waals surface area (Å²) >= 11 is 0. The zero-order valence-electron chi connectivity index (χ0n) is 21.3. The largest absolute Gasteiger partial charge is 0.496 e. The maximum atomic E-state index is 13.0. The Labute approximate surface area is 213 Å². The predicted octanol–water partition coefficient (Wildman–Crippen LogP) is 5.20. The fraction of sp³-hybridized carbons (Fsp3) is 0.379. The molecule has 190 valence electrons. The number of nitrogens with zero attached hydrogens (tertiary/aromatic N) is 2. The van der Waals surface area contributed by atoms with E-state index in [9.17, 15) is 4.79 Å². The topological polar surface area (TPSA) is 72.9 Å². The lowest BCUT2D eigenvalue weighted by molar-refractivity contribution is -0.122. The average Bonchev–Trinajstić information content (AvgIpc) is 2.88. The zero-order valence-corrected chi connectivity index (χ0v) is 21.3. The highest BCUT2D eigenvalue weighted by molar-refractivity contribution is 5.78. The first-order valence-corrected chi connectivity index (χ1v) is 12.4. The molecule has 0 fully saturated rings. The summed E-state index contributed by atoms with van der Waals surface area (Å²) in [5.74, 6) is 2.58. The molecule has 4 rings (SSSR count). The number of aromatic nitrogens is 1. The van der Waals surface area contributed by atoms with Crippen molar-refractivity contribution in [2.24, 2.45) is 5.41 Å². The van der Waals surface area contributed by atoms with Crippen molar-refractivity contribution in [3.05, 3.63) is 78.0 Å². The maximum absolute atomic E-state index is 13.0. The third-order valence-corrected chi connectivity index (χ3v) is 6.28. The molecule has 0 aliphatic carbocycles. The number of pyridine rings is 1. The molecule has 7 nitrogen and oxygen atoms in total. The lowest BCUT2D eigenvalue weighted by Gasteiger charge is -2.27. The van der Waals surface area contributed by atoms with Crippen molar-refractivity contribution in [2.45, 2.75) is 39.8 Å². The van der Waals surface area contributed by atoms with E-state index < -0.39 is 0 Å². The van der Waals surface area contributed by atoms with Gasteiger partial charge < -0.3 is 19.5 Å². The first-order valence-electron chi connectivity index (χ1n) is 12.4. The van der Waals surface area contributed by atoms with Crippen molar-refractivity contribution in [3.63, 3.8) is 0 Å². The van der Waals surface area contributed by atoms with Gasteiger partial charge in [-0.3, -0.25) is 9.69 Å². The number of hydrogen-bond donors (Lipinski definition) is 1. The third kappa shape index (κ3) is 6.98. The van der Waals surface area contributed by atoms with Crippen LogP contribution in [-0.2, 0) is 17.9 Å². The summed E-state index contributed by atoms with van der Waals surface area (Å²) in [7, 11) is 1.64. The minimum absolute atomic E-state index is 0.0238. The minimum atomic E-state index is -0.0375. The van der Waals surface area contributed by atoms with E-state index in [1.807, 2.05) is 60.7 Å². The van der Waals surface area contributed by atoms with Gasteiger partial charge in [-0.1, -0.05) is 50.2 Å². The number of carbonyl (C=O) groups is 1. The van der Waals surface area contributed by atoms with Gasteiger partial charge in [0.1, 0.15) is 5.75 Å². The van der Waals surface area contributed by atoms with Gasteiger partial charge in [-0.05, 0) is 49.1 Å². The Morgan fingerprint density at radius 3 is 2.69 bits per heavy atom. The molecule has 1 aliphatic rings. The lowest BCUT2D eigenvalue weighted by Crippen LogP contribution is -2.37. The van der Waals surface area contributed by atoms with E-state index in [-0.39, 0.29) is 17.9 Å². The first kappa shape index (κ1) is 25.5. The monoisotopic (exact) mass is 489 g/mol. The Bertz CT molecular complexity index is 1160. The van der Waals surface area contributed by atoms with Gasteiger partial charge >= 0.3 is 0 Å². The smallest absolute Gasteiger partial charge is 0.234 e. The van der Waals surface area contributed by atoms with Gasteiger partial charge in [0.15, 0.2) is 11.5 Å². The number of nitrogens with one attached hydrogen (secondary N) is 1. The third-order valence-electron chi connectivity index (χ3n) is 6.28. The van der Waals surface area contributed by atoms with Crippen molar-refractivity contribution >= 4 is 5.91 Å². The van der Waals surface area contributed by atoms with Gasteiger partial charge in [-0.15, -0.1) is 0 Å². The number of methoxy groups -OCH3 is 1. The number of carbonyl (C=O) groups excluding carboxylic acids is 1. The Morgan fingerprint density at radius 2 is 1.86 bits per heavy atom. The molecular weight excluding hydrogens is 454 g/mol. The molecule has 2 aromatic carbocycles. The second-order valence-electron chi connectivity index (χ2n) is 9.87. The van der Waals surface area contributed by atoms with Gasteiger partial charge in [0, 0.05) is 30.4 Å². The Balaban J connectivity index is 1.52. The highest BCUT2D eigenvalue weighted by Crippen LogP contribution is 2.34. The van der Waals surface area contributed by atoms with Gasteiger partial charge in [-0.25, -0.2) is 4.98 Å². The highest BCUT2D eigenvalue weighted by Gasteiger charge is 2.23. The van der Waals surface area contributed by atoms with Gasteiger partial charge in [-0.2, -0.15) is 0 Å². The van der Waals surface area contributed by atoms with Crippen LogP contribution in [0.3, 0.4) is 0 Å². The number of rotatable bonds is 5. The molecule has 0 bridgehead atoms. The van der Waals surface area contributed by atoms with Crippen molar-refractivity contribution in [1.82, 2.24) is 15.2 Å². The summed E-state index contributed by atoms with van der Waals surface area (Å²) in [5.41, 5.74) is 1.84. The van der Waals surface area contributed by atoms with Gasteiger partial charge in [0.25, 0.3) is 0 Å². The second-order valence-corrected chi connectivity index (χ2v) is 9.87. The molecule has 1 N–H and O–H groups in total. The van der Waals surface area contributed by atoms with E-state index in [0.717, 1.165) is 36.3 Å². The van der Waals surface area contributed by atoms with E-state index in [1.54, 1.807) is 13.3 Å². The van der Waals surface area contributed by atoms with Crippen LogP contribution in [-0.4, -0.2) is 42.6 Å². The van der Waals surface area contributed by atoms with E-state index >= 15 is 0 Å². The molecule has 0 unspecified atom stereocenters. The van der Waals surface area contributed by atoms with Gasteiger partial charge in [0.2, 0.25) is 11.8 Å². The molecule has 1 aromatic heterocycles. The lowest BCUT2D eigenvalue weighted by atomic mass is 9.88. The Morgan fingerprint density at radius 1 is 1.08 bits per heavy atom. The molecule has 3 aromatic rings. The summed E-state index contributed by atoms with van der Waals surface area (Å²) in [6.07, 6.45) is 3.62. The average molecular weight is 490 g/mol. The summed E-state index contributed by atoms with van der Waals surface area (Å²) < 4.78 is 17.8. The molecule has 0 radical (unpaired) electrons. The van der Waals surface area contributed by atoms with Crippen LogP contribution >= 0.6 is 0 Å². The minimum Gasteiger partial charge on any atom is -0.496 e. The SMILES string of the molecule is COc1ccccc1CNC(=O)CN1CCCC(C)(C)COc2ccccc2Oc2ncccc2C1. The summed E-state index contributed by atoms with van der Waals surface area (Å²) in [6, 6.07) is 19.3. The fourth-order valence-electron chi connectivity index (χ4n) is 4.28. The molecule has 0 atom stereocenters. The van der Waals surface area contributed by atoms with Crippen LogP contribution in [0.2, 0.25) is 0 Å². The van der Waals surface area contributed by atoms with Gasteiger partial charge in [0.05, 0.1) is 20.3 Å². The van der Waals surface area contributed by atoms with E-state index in [0.29, 0.717) is 37.1 Å². The second kappa shape index (κ2) is 11.9. The normalized spacial score (nSPS) is 16.0. The number of amides is 1.